The number of nitrogens with zero attached hydrogens (tertiary/aromatic N) is 1. The van der Waals surface area contributed by atoms with Crippen LogP contribution in [-0.2, 0) is 9.53 Å². The molecule has 1 aliphatic rings. The van der Waals surface area contributed by atoms with Crippen LogP contribution in [0.3, 0.4) is 0 Å². The Morgan fingerprint density at radius 3 is 3.04 bits per heavy atom. The van der Waals surface area contributed by atoms with Crippen molar-refractivity contribution >= 4 is 22.8 Å². The molecule has 0 radical (unpaired) electrons. The van der Waals surface area contributed by atoms with Crippen molar-refractivity contribution in [2.75, 3.05) is 19.7 Å². The van der Waals surface area contributed by atoms with E-state index in [1.807, 2.05) is 42.3 Å². The number of hydrogen-bond acceptors (Lipinski definition) is 3. The fourth-order valence-electron chi connectivity index (χ4n) is 3.47. The molecule has 1 saturated heterocycles. The largest absolute Gasteiger partial charge is 0.466 e. The number of carbonyl (C=O) groups excluding carboxylic acids is 2. The Morgan fingerprint density at radius 1 is 1.33 bits per heavy atom. The standard InChI is InChI=1S/C19H24N2O3/c1-2-24-17(22)9-8-14-5-4-12-21(13-14)19(23)16-7-3-6-15-10-11-20-18(15)16/h3,6-7,10-11,14,20H,2,4-5,8-9,12-13H2,1H3/t14-/m0/s1. The molecule has 1 aliphatic heterocycles. The summed E-state index contributed by atoms with van der Waals surface area (Å²) in [6.07, 6.45) is 5.14. The van der Waals surface area contributed by atoms with Gasteiger partial charge in [-0.2, -0.15) is 0 Å². The Hall–Kier alpha value is -2.30. The van der Waals surface area contributed by atoms with E-state index in [9.17, 15) is 9.59 Å². The molecule has 128 valence electrons. The normalized spacial score (nSPS) is 17.9. The first-order valence-electron chi connectivity index (χ1n) is 8.70. The lowest BCUT2D eigenvalue weighted by molar-refractivity contribution is -0.143. The maximum atomic E-state index is 12.9. The SMILES string of the molecule is CCOC(=O)CC[C@@H]1CCCN(C(=O)c2cccc3cc[nH]c23)C1. The molecule has 0 bridgehead atoms. The number of amides is 1. The number of nitrogens with one attached hydrogen (secondary N) is 1. The molecule has 1 aromatic carbocycles. The molecule has 1 aromatic heterocycles. The summed E-state index contributed by atoms with van der Waals surface area (Å²) in [6.45, 7) is 3.75. The average Bonchev–Trinajstić information content (AvgIpc) is 3.08. The minimum absolute atomic E-state index is 0.0730. The van der Waals surface area contributed by atoms with Crippen molar-refractivity contribution in [2.45, 2.75) is 32.6 Å². The van der Waals surface area contributed by atoms with Gasteiger partial charge in [-0.3, -0.25) is 9.59 Å². The predicted octanol–water partition coefficient (Wildman–Crippen LogP) is 3.36. The van der Waals surface area contributed by atoms with Crippen molar-refractivity contribution < 1.29 is 14.3 Å². The van der Waals surface area contributed by atoms with E-state index in [1.54, 1.807) is 0 Å². The van der Waals surface area contributed by atoms with Gasteiger partial charge in [0.1, 0.15) is 0 Å². The van der Waals surface area contributed by atoms with E-state index >= 15 is 0 Å². The van der Waals surface area contributed by atoms with Gasteiger partial charge in [-0.1, -0.05) is 12.1 Å². The van der Waals surface area contributed by atoms with E-state index in [1.165, 1.54) is 0 Å². The molecule has 1 amide bonds. The van der Waals surface area contributed by atoms with Crippen LogP contribution < -0.4 is 0 Å². The third-order valence-corrected chi connectivity index (χ3v) is 4.69. The van der Waals surface area contributed by atoms with E-state index in [2.05, 4.69) is 4.98 Å². The highest BCUT2D eigenvalue weighted by Crippen LogP contribution is 2.25. The Bertz CT molecular complexity index is 722. The van der Waals surface area contributed by atoms with Crippen molar-refractivity contribution in [3.63, 3.8) is 0 Å². The molecule has 0 unspecified atom stereocenters. The van der Waals surface area contributed by atoms with Crippen molar-refractivity contribution in [3.05, 3.63) is 36.0 Å². The number of aromatic nitrogens is 1. The number of piperidine rings is 1. The summed E-state index contributed by atoms with van der Waals surface area (Å²) in [6, 6.07) is 7.78. The lowest BCUT2D eigenvalue weighted by Crippen LogP contribution is -2.40. The molecule has 1 fully saturated rings. The number of para-hydroxylation sites is 1. The van der Waals surface area contributed by atoms with Gasteiger partial charge in [-0.15, -0.1) is 0 Å². The monoisotopic (exact) mass is 328 g/mol. The summed E-state index contributed by atoms with van der Waals surface area (Å²) in [7, 11) is 0. The zero-order valence-electron chi connectivity index (χ0n) is 14.1. The summed E-state index contributed by atoms with van der Waals surface area (Å²) in [4.78, 5) is 29.5. The summed E-state index contributed by atoms with van der Waals surface area (Å²) in [5.41, 5.74) is 1.62. The van der Waals surface area contributed by atoms with Gasteiger partial charge >= 0.3 is 5.97 Å². The second-order valence-electron chi connectivity index (χ2n) is 6.35. The van der Waals surface area contributed by atoms with Crippen LogP contribution in [0.25, 0.3) is 10.9 Å². The lowest BCUT2D eigenvalue weighted by Gasteiger charge is -2.33. The number of aromatic amines is 1. The Labute approximate surface area is 142 Å². The highest BCUT2D eigenvalue weighted by atomic mass is 16.5. The van der Waals surface area contributed by atoms with Crippen LogP contribution in [0, 0.1) is 5.92 Å². The Morgan fingerprint density at radius 2 is 2.21 bits per heavy atom. The van der Waals surface area contributed by atoms with E-state index in [0.717, 1.165) is 48.8 Å². The Balaban J connectivity index is 1.65. The molecule has 5 heteroatoms. The average molecular weight is 328 g/mol. The van der Waals surface area contributed by atoms with Gasteiger partial charge in [0.05, 0.1) is 17.7 Å². The van der Waals surface area contributed by atoms with Crippen LogP contribution in [0.2, 0.25) is 0 Å². The van der Waals surface area contributed by atoms with Gasteiger partial charge in [0.25, 0.3) is 5.91 Å². The van der Waals surface area contributed by atoms with Gasteiger partial charge in [0.2, 0.25) is 0 Å². The van der Waals surface area contributed by atoms with E-state index in [-0.39, 0.29) is 11.9 Å². The number of hydrogen-bond donors (Lipinski definition) is 1. The van der Waals surface area contributed by atoms with Gasteiger partial charge in [-0.05, 0) is 44.2 Å². The topological polar surface area (TPSA) is 62.4 Å². The second-order valence-corrected chi connectivity index (χ2v) is 6.35. The lowest BCUT2D eigenvalue weighted by atomic mass is 9.93. The molecule has 24 heavy (non-hydrogen) atoms. The third kappa shape index (κ3) is 3.61. The number of H-pyrrole nitrogens is 1. The van der Waals surface area contributed by atoms with E-state index in [4.69, 9.17) is 4.74 Å². The fraction of sp³-hybridized carbons (Fsp3) is 0.474. The second kappa shape index (κ2) is 7.51. The maximum Gasteiger partial charge on any atom is 0.305 e. The first-order chi connectivity index (χ1) is 11.7. The molecule has 3 rings (SSSR count). The molecule has 0 saturated carbocycles. The number of benzene rings is 1. The minimum Gasteiger partial charge on any atom is -0.466 e. The summed E-state index contributed by atoms with van der Waals surface area (Å²) in [5, 5.41) is 1.05. The summed E-state index contributed by atoms with van der Waals surface area (Å²) in [5.74, 6) is 0.302. The van der Waals surface area contributed by atoms with Crippen LogP contribution in [0.15, 0.2) is 30.5 Å². The molecule has 2 heterocycles. The molecule has 0 aliphatic carbocycles. The van der Waals surface area contributed by atoms with E-state index in [0.29, 0.717) is 18.9 Å². The molecule has 1 N–H and O–H groups in total. The third-order valence-electron chi connectivity index (χ3n) is 4.69. The smallest absolute Gasteiger partial charge is 0.305 e. The zero-order chi connectivity index (χ0) is 16.9. The van der Waals surface area contributed by atoms with Crippen LogP contribution in [0.5, 0.6) is 0 Å². The highest BCUT2D eigenvalue weighted by molar-refractivity contribution is 6.05. The number of esters is 1. The van der Waals surface area contributed by atoms with Crippen molar-refractivity contribution in [1.29, 1.82) is 0 Å². The van der Waals surface area contributed by atoms with Gasteiger partial charge in [0.15, 0.2) is 0 Å². The maximum absolute atomic E-state index is 12.9. The molecule has 1 atom stereocenters. The minimum atomic E-state index is -0.142. The van der Waals surface area contributed by atoms with Crippen LogP contribution in [-0.4, -0.2) is 41.5 Å². The van der Waals surface area contributed by atoms with Gasteiger partial charge in [0, 0.05) is 31.1 Å². The van der Waals surface area contributed by atoms with Crippen LogP contribution >= 0.6 is 0 Å². The van der Waals surface area contributed by atoms with Crippen molar-refractivity contribution in [3.8, 4) is 0 Å². The number of likely N-dealkylation sites (tertiary alicyclic amines) is 1. The number of ether oxygens (including phenoxy) is 1. The Kier molecular flexibility index (Phi) is 5.18. The van der Waals surface area contributed by atoms with E-state index < -0.39 is 0 Å². The first-order valence-corrected chi connectivity index (χ1v) is 8.70. The molecular weight excluding hydrogens is 304 g/mol. The van der Waals surface area contributed by atoms with Crippen molar-refractivity contribution in [2.24, 2.45) is 5.92 Å². The molecular formula is C19H24N2O3. The number of fused-ring (bicyclic) bond motifs is 1. The number of carbonyl (C=O) groups is 2. The highest BCUT2D eigenvalue weighted by Gasteiger charge is 2.26. The van der Waals surface area contributed by atoms with Gasteiger partial charge in [-0.25, -0.2) is 0 Å². The first kappa shape index (κ1) is 16.6. The van der Waals surface area contributed by atoms with Crippen molar-refractivity contribution in [1.82, 2.24) is 9.88 Å². The van der Waals surface area contributed by atoms with Crippen LogP contribution in [0.4, 0.5) is 0 Å². The fourth-order valence-corrected chi connectivity index (χ4v) is 3.47. The van der Waals surface area contributed by atoms with Gasteiger partial charge < -0.3 is 14.6 Å². The van der Waals surface area contributed by atoms with Crippen LogP contribution in [0.1, 0.15) is 43.0 Å². The summed E-state index contributed by atoms with van der Waals surface area (Å²) < 4.78 is 4.99. The molecule has 2 aromatic rings. The zero-order valence-corrected chi connectivity index (χ0v) is 14.1. The quantitative estimate of drug-likeness (QED) is 0.856. The summed E-state index contributed by atoms with van der Waals surface area (Å²) >= 11 is 0. The molecule has 5 nitrogen and oxygen atoms in total. The predicted molar refractivity (Wildman–Crippen MR) is 92.8 cm³/mol. The molecule has 0 spiro atoms. The number of rotatable bonds is 5.